The molecule has 1 heterocycles. The van der Waals surface area contributed by atoms with Crippen molar-refractivity contribution in [1.82, 2.24) is 9.97 Å². The maximum absolute atomic E-state index is 10.5. The molecule has 1 atom stereocenters. The van der Waals surface area contributed by atoms with E-state index in [0.717, 1.165) is 11.1 Å². The second-order valence-corrected chi connectivity index (χ2v) is 3.68. The number of H-pyrrole nitrogens is 1. The van der Waals surface area contributed by atoms with Crippen molar-refractivity contribution in [3.63, 3.8) is 0 Å². The van der Waals surface area contributed by atoms with E-state index in [0.29, 0.717) is 5.52 Å². The fourth-order valence-corrected chi connectivity index (χ4v) is 1.46. The van der Waals surface area contributed by atoms with Crippen molar-refractivity contribution in [2.24, 2.45) is 0 Å². The van der Waals surface area contributed by atoms with E-state index in [1.807, 2.05) is 19.1 Å². The van der Waals surface area contributed by atoms with Crippen molar-refractivity contribution in [1.29, 1.82) is 0 Å². The minimum atomic E-state index is -1.32. The Morgan fingerprint density at radius 2 is 2.33 bits per heavy atom. The average molecular weight is 226 g/mol. The van der Waals surface area contributed by atoms with Gasteiger partial charge in [0.15, 0.2) is 5.82 Å². The number of aryl methyl sites for hydroxylation is 1. The first-order valence-electron chi connectivity index (χ1n) is 4.32. The monoisotopic (exact) mass is 225 g/mol. The maximum Gasteiger partial charge on any atom is 0.343 e. The number of nitrogens with zero attached hydrogens (tertiary/aromatic N) is 2. The van der Waals surface area contributed by atoms with Crippen LogP contribution in [0.3, 0.4) is 0 Å². The van der Waals surface area contributed by atoms with Gasteiger partial charge in [-0.1, -0.05) is 6.07 Å². The van der Waals surface area contributed by atoms with Gasteiger partial charge in [0.1, 0.15) is 0 Å². The van der Waals surface area contributed by atoms with Crippen LogP contribution in [0.25, 0.3) is 11.0 Å². The van der Waals surface area contributed by atoms with Crippen LogP contribution in [0.1, 0.15) is 16.9 Å². The number of halogens is 1. The van der Waals surface area contributed by atoms with Gasteiger partial charge in [0.25, 0.3) is 0 Å². The Morgan fingerprint density at radius 3 is 3.00 bits per heavy atom. The summed E-state index contributed by atoms with van der Waals surface area (Å²) in [6.45, 7) is 1.94. The number of hydrogen-bond acceptors (Lipinski definition) is 3. The van der Waals surface area contributed by atoms with Gasteiger partial charge in [0.2, 0.25) is 0 Å². The van der Waals surface area contributed by atoms with Crippen LogP contribution in [-0.4, -0.2) is 14.9 Å². The van der Waals surface area contributed by atoms with Crippen LogP contribution in [-0.2, 0) is 0 Å². The Labute approximate surface area is 90.2 Å². The van der Waals surface area contributed by atoms with Crippen LogP contribution in [0, 0.1) is 17.0 Å². The number of benzene rings is 1. The summed E-state index contributed by atoms with van der Waals surface area (Å²) in [6.07, 6.45) is 0. The molecule has 0 bridgehead atoms. The van der Waals surface area contributed by atoms with Crippen molar-refractivity contribution in [2.75, 3.05) is 0 Å². The van der Waals surface area contributed by atoms with E-state index >= 15 is 0 Å². The van der Waals surface area contributed by atoms with Gasteiger partial charge in [-0.2, -0.15) is 0 Å². The summed E-state index contributed by atoms with van der Waals surface area (Å²) in [7, 11) is 0. The number of aromatic nitrogens is 2. The molecule has 78 valence electrons. The summed E-state index contributed by atoms with van der Waals surface area (Å²) in [5.74, 6) is 0.169. The van der Waals surface area contributed by atoms with Gasteiger partial charge in [-0.05, 0) is 36.2 Å². The number of nitrogens with one attached hydrogen (secondary N) is 1. The molecule has 0 aliphatic rings. The normalized spacial score (nSPS) is 12.9. The zero-order valence-electron chi connectivity index (χ0n) is 7.90. The molecule has 1 unspecified atom stereocenters. The molecule has 0 radical (unpaired) electrons. The van der Waals surface area contributed by atoms with Crippen molar-refractivity contribution in [3.8, 4) is 0 Å². The molecule has 6 heteroatoms. The number of nitro groups is 1. The van der Waals surface area contributed by atoms with Crippen LogP contribution in [0.4, 0.5) is 0 Å². The molecular weight excluding hydrogens is 218 g/mol. The van der Waals surface area contributed by atoms with Gasteiger partial charge >= 0.3 is 5.50 Å². The van der Waals surface area contributed by atoms with Crippen LogP contribution >= 0.6 is 11.6 Å². The summed E-state index contributed by atoms with van der Waals surface area (Å²) in [5, 5.41) is 10.5. The second-order valence-electron chi connectivity index (χ2n) is 3.26. The highest BCUT2D eigenvalue weighted by atomic mass is 35.5. The van der Waals surface area contributed by atoms with Crippen LogP contribution in [0.15, 0.2) is 18.2 Å². The van der Waals surface area contributed by atoms with Gasteiger partial charge in [0.05, 0.1) is 11.0 Å². The molecule has 1 aromatic carbocycles. The molecule has 0 fully saturated rings. The van der Waals surface area contributed by atoms with Crippen LogP contribution in [0.2, 0.25) is 0 Å². The third-order valence-corrected chi connectivity index (χ3v) is 2.43. The van der Waals surface area contributed by atoms with E-state index in [1.165, 1.54) is 0 Å². The number of imidazole rings is 1. The molecule has 0 aliphatic carbocycles. The molecule has 1 N–H and O–H groups in total. The molecule has 0 aliphatic heterocycles. The predicted octanol–water partition coefficient (Wildman–Crippen LogP) is 2.39. The Kier molecular flexibility index (Phi) is 2.32. The first kappa shape index (κ1) is 9.92. The van der Waals surface area contributed by atoms with Crippen LogP contribution < -0.4 is 0 Å². The van der Waals surface area contributed by atoms with Gasteiger partial charge < -0.3 is 4.98 Å². The molecule has 0 saturated carbocycles. The minimum Gasteiger partial charge on any atom is -0.335 e. The molecular formula is C9H8ClN3O2. The Hall–Kier alpha value is -1.62. The van der Waals surface area contributed by atoms with Crippen molar-refractivity contribution < 1.29 is 4.92 Å². The summed E-state index contributed by atoms with van der Waals surface area (Å²) in [6, 6.07) is 5.56. The third kappa shape index (κ3) is 1.78. The summed E-state index contributed by atoms with van der Waals surface area (Å²) in [5.41, 5.74) is 1.18. The van der Waals surface area contributed by atoms with Crippen molar-refractivity contribution >= 4 is 22.6 Å². The first-order valence-corrected chi connectivity index (χ1v) is 4.75. The van der Waals surface area contributed by atoms with E-state index in [1.54, 1.807) is 6.07 Å². The zero-order valence-corrected chi connectivity index (χ0v) is 8.65. The second kappa shape index (κ2) is 3.51. The molecule has 2 rings (SSSR count). The topological polar surface area (TPSA) is 71.8 Å². The highest BCUT2D eigenvalue weighted by molar-refractivity contribution is 6.19. The lowest BCUT2D eigenvalue weighted by Gasteiger charge is -1.94. The average Bonchev–Trinajstić information content (AvgIpc) is 2.58. The Balaban J connectivity index is 2.51. The molecule has 0 amide bonds. The lowest BCUT2D eigenvalue weighted by molar-refractivity contribution is -0.505. The van der Waals surface area contributed by atoms with Crippen LogP contribution in [0.5, 0.6) is 0 Å². The standard InChI is InChI=1S/C9H8ClN3O2/c1-5-2-3-6-7(4-5)12-9(11-6)8(10)13(14)15/h2-4,8H,1H3,(H,11,12). The number of rotatable bonds is 2. The quantitative estimate of drug-likeness (QED) is 0.369. The fourth-order valence-electron chi connectivity index (χ4n) is 1.36. The largest absolute Gasteiger partial charge is 0.343 e. The number of hydrogen-bond donors (Lipinski definition) is 1. The molecule has 15 heavy (non-hydrogen) atoms. The van der Waals surface area contributed by atoms with Gasteiger partial charge in [-0.3, -0.25) is 10.1 Å². The van der Waals surface area contributed by atoms with E-state index in [9.17, 15) is 10.1 Å². The molecule has 1 aromatic heterocycles. The van der Waals surface area contributed by atoms with Crippen molar-refractivity contribution in [2.45, 2.75) is 12.4 Å². The lowest BCUT2D eigenvalue weighted by Crippen LogP contribution is -2.04. The Bertz CT molecular complexity index is 523. The van der Waals surface area contributed by atoms with Gasteiger partial charge in [-0.25, -0.2) is 4.98 Å². The number of alkyl halides is 1. The lowest BCUT2D eigenvalue weighted by atomic mass is 10.2. The summed E-state index contributed by atoms with van der Waals surface area (Å²) in [4.78, 5) is 16.7. The maximum atomic E-state index is 10.5. The van der Waals surface area contributed by atoms with E-state index in [4.69, 9.17) is 11.6 Å². The van der Waals surface area contributed by atoms with Gasteiger partial charge in [0, 0.05) is 4.92 Å². The molecule has 2 aromatic rings. The first-order chi connectivity index (χ1) is 7.08. The zero-order chi connectivity index (χ0) is 11.0. The molecule has 0 saturated heterocycles. The van der Waals surface area contributed by atoms with Gasteiger partial charge in [-0.15, -0.1) is 0 Å². The highest BCUT2D eigenvalue weighted by Gasteiger charge is 2.22. The minimum absolute atomic E-state index is 0.169. The molecule has 0 spiro atoms. The highest BCUT2D eigenvalue weighted by Crippen LogP contribution is 2.21. The smallest absolute Gasteiger partial charge is 0.335 e. The fraction of sp³-hybridized carbons (Fsp3) is 0.222. The Morgan fingerprint density at radius 1 is 1.60 bits per heavy atom. The van der Waals surface area contributed by atoms with E-state index in [2.05, 4.69) is 9.97 Å². The molecule has 5 nitrogen and oxygen atoms in total. The number of aromatic amines is 1. The predicted molar refractivity (Wildman–Crippen MR) is 56.4 cm³/mol. The van der Waals surface area contributed by atoms with E-state index in [-0.39, 0.29) is 5.82 Å². The number of fused-ring (bicyclic) bond motifs is 1. The summed E-state index contributed by atoms with van der Waals surface area (Å²) < 4.78 is 0. The summed E-state index contributed by atoms with van der Waals surface area (Å²) >= 11 is 5.56. The SMILES string of the molecule is Cc1ccc2nc(C(Cl)[N+](=O)[O-])[nH]c2c1. The van der Waals surface area contributed by atoms with E-state index < -0.39 is 10.4 Å². The third-order valence-electron chi connectivity index (χ3n) is 2.07. The van der Waals surface area contributed by atoms with Crippen molar-refractivity contribution in [3.05, 3.63) is 39.7 Å².